The van der Waals surface area contributed by atoms with E-state index in [1.165, 1.54) is 6.92 Å². The molecule has 0 saturated carbocycles. The number of esters is 1. The minimum Gasteiger partial charge on any atom is -0.458 e. The fourth-order valence-electron chi connectivity index (χ4n) is 7.90. The number of nitrogens with zero attached hydrogens (tertiary/aromatic N) is 2. The number of nitrogens with one attached hydrogen (secondary N) is 2. The zero-order chi connectivity index (χ0) is 36.3. The summed E-state index contributed by atoms with van der Waals surface area (Å²) in [7, 11) is 7.42. The molecular weight excluding hydrogens is 620 g/mol. The third kappa shape index (κ3) is 8.88. The number of fused-ring (bicyclic) bond motifs is 1. The summed E-state index contributed by atoms with van der Waals surface area (Å²) in [4.78, 5) is 44.6. The molecule has 13 heteroatoms. The Kier molecular flexibility index (Phi) is 13.9. The lowest BCUT2D eigenvalue weighted by molar-refractivity contribution is -0.297. The number of amides is 1. The van der Waals surface area contributed by atoms with Crippen molar-refractivity contribution in [2.45, 2.75) is 148 Å². The molecule has 0 aromatic rings. The van der Waals surface area contributed by atoms with Crippen LogP contribution in [-0.4, -0.2) is 140 Å². The van der Waals surface area contributed by atoms with Crippen LogP contribution in [0.15, 0.2) is 0 Å². The first-order valence-corrected chi connectivity index (χ1v) is 17.7. The number of cyclic esters (lactones) is 1. The van der Waals surface area contributed by atoms with Gasteiger partial charge in [-0.05, 0) is 74.0 Å². The van der Waals surface area contributed by atoms with Gasteiger partial charge in [-0.1, -0.05) is 34.6 Å². The van der Waals surface area contributed by atoms with Gasteiger partial charge in [-0.2, -0.15) is 0 Å². The summed E-state index contributed by atoms with van der Waals surface area (Å²) in [6.45, 7) is 18.3. The van der Waals surface area contributed by atoms with E-state index >= 15 is 0 Å². The normalized spacial score (nSPS) is 42.5. The molecule has 0 bridgehead atoms. The van der Waals surface area contributed by atoms with E-state index in [1.54, 1.807) is 21.0 Å². The molecule has 13 atom stereocenters. The fourth-order valence-corrected chi connectivity index (χ4v) is 7.90. The number of ketones is 1. The van der Waals surface area contributed by atoms with Gasteiger partial charge in [0.05, 0.1) is 23.9 Å². The Balaban J connectivity index is 2.05. The third-order valence-corrected chi connectivity index (χ3v) is 11.0. The predicted molar refractivity (Wildman–Crippen MR) is 181 cm³/mol. The summed E-state index contributed by atoms with van der Waals surface area (Å²) in [5.74, 6) is -3.04. The van der Waals surface area contributed by atoms with Crippen LogP contribution in [0.25, 0.3) is 0 Å². The van der Waals surface area contributed by atoms with Crippen LogP contribution in [-0.2, 0) is 33.3 Å². The first-order valence-electron chi connectivity index (χ1n) is 17.7. The average Bonchev–Trinajstić information content (AvgIpc) is 3.33. The van der Waals surface area contributed by atoms with Gasteiger partial charge in [0.15, 0.2) is 17.7 Å². The standard InChI is InChI=1S/C35H64N4O9/c1-14-26-35(9)29(37-33(43)48-35)23(7)39(12)18-20(4)16-34(8,44-13)30(21(5)27(40)22(6)31(42)46-26)47-32-28(41)25(38(10)11)15-24(45-32)17-36-19(2)3/h19-26,28-30,32,36,41H,14-18H2,1-13H3,(H,37,43)/t20-,21+,22?,23-,24+,25?,26-,28-,29-,30-,32+,34-,35-/m1/s1. The van der Waals surface area contributed by atoms with E-state index in [0.29, 0.717) is 32.4 Å². The molecular formula is C35H64N4O9. The number of likely N-dealkylation sites (N-methyl/N-ethyl adjacent to an activating group) is 2. The van der Waals surface area contributed by atoms with Crippen LogP contribution >= 0.6 is 0 Å². The number of hydrogen-bond acceptors (Lipinski definition) is 12. The van der Waals surface area contributed by atoms with Crippen LogP contribution in [0.5, 0.6) is 0 Å². The number of carbonyl (C=O) groups excluding carboxylic acids is 3. The highest BCUT2D eigenvalue weighted by atomic mass is 16.7. The van der Waals surface area contributed by atoms with Crippen molar-refractivity contribution in [3.63, 3.8) is 0 Å². The highest BCUT2D eigenvalue weighted by molar-refractivity contribution is 6.00. The Bertz CT molecular complexity index is 1110. The van der Waals surface area contributed by atoms with Crippen molar-refractivity contribution in [2.24, 2.45) is 17.8 Å². The van der Waals surface area contributed by atoms with Gasteiger partial charge in [0.2, 0.25) is 0 Å². The van der Waals surface area contributed by atoms with Crippen molar-refractivity contribution in [3.8, 4) is 0 Å². The van der Waals surface area contributed by atoms with Crippen LogP contribution in [0.1, 0.15) is 81.6 Å². The van der Waals surface area contributed by atoms with Gasteiger partial charge < -0.3 is 49.2 Å². The zero-order valence-corrected chi connectivity index (χ0v) is 31.6. The van der Waals surface area contributed by atoms with Gasteiger partial charge in [0.1, 0.15) is 18.1 Å². The van der Waals surface area contributed by atoms with Gasteiger partial charge in [-0.25, -0.2) is 4.79 Å². The number of Topliss-reactive ketones (excluding diaryl/α,β-unsaturated/α-hetero) is 1. The molecule has 3 heterocycles. The van der Waals surface area contributed by atoms with Gasteiger partial charge >= 0.3 is 12.1 Å². The number of hydrogen-bond donors (Lipinski definition) is 3. The van der Waals surface area contributed by atoms with Gasteiger partial charge in [0.25, 0.3) is 0 Å². The molecule has 1 amide bonds. The molecule has 0 spiro atoms. The highest BCUT2D eigenvalue weighted by Gasteiger charge is 2.56. The molecule has 0 radical (unpaired) electrons. The van der Waals surface area contributed by atoms with Gasteiger partial charge in [-0.3, -0.25) is 9.59 Å². The maximum atomic E-state index is 14.2. The second-order valence-corrected chi connectivity index (χ2v) is 15.5. The molecule has 0 aliphatic carbocycles. The van der Waals surface area contributed by atoms with Crippen LogP contribution in [0.2, 0.25) is 0 Å². The number of aliphatic hydroxyl groups excluding tert-OH is 1. The molecule has 13 nitrogen and oxygen atoms in total. The monoisotopic (exact) mass is 684 g/mol. The molecule has 0 aromatic carbocycles. The summed E-state index contributed by atoms with van der Waals surface area (Å²) in [6, 6.07) is -0.669. The Labute approximate surface area is 288 Å². The largest absolute Gasteiger partial charge is 0.458 e. The lowest BCUT2D eigenvalue weighted by Gasteiger charge is -2.47. The minimum absolute atomic E-state index is 0.0391. The number of methoxy groups -OCH3 is 1. The lowest BCUT2D eigenvalue weighted by Crippen LogP contribution is -2.60. The SMILES string of the molecule is CC[C@H]1OC(=O)C(C)C(=O)[C@H](C)[C@@H](O[C@@H]2O[C@H](CNC(C)C)CC(N(C)C)[C@H]2O)[C@](C)(OC)C[C@@H](C)CN(C)[C@H](C)[C@H]2NC(=O)O[C@@]21C. The third-order valence-electron chi connectivity index (χ3n) is 11.0. The van der Waals surface area contributed by atoms with Gasteiger partial charge in [0, 0.05) is 44.2 Å². The van der Waals surface area contributed by atoms with E-state index in [4.69, 9.17) is 23.7 Å². The quantitative estimate of drug-likeness (QED) is 0.255. The second kappa shape index (κ2) is 16.4. The molecule has 48 heavy (non-hydrogen) atoms. The molecule has 2 unspecified atom stereocenters. The Morgan fingerprint density at radius 3 is 2.35 bits per heavy atom. The molecule has 3 rings (SSSR count). The van der Waals surface area contributed by atoms with Crippen LogP contribution < -0.4 is 10.6 Å². The molecule has 3 N–H and O–H groups in total. The van der Waals surface area contributed by atoms with Crippen molar-refractivity contribution in [3.05, 3.63) is 0 Å². The lowest BCUT2D eigenvalue weighted by atomic mass is 9.78. The number of aliphatic hydroxyl groups is 1. The van der Waals surface area contributed by atoms with Crippen LogP contribution in [0.4, 0.5) is 4.79 Å². The smallest absolute Gasteiger partial charge is 0.408 e. The van der Waals surface area contributed by atoms with Crippen molar-refractivity contribution >= 4 is 17.8 Å². The van der Waals surface area contributed by atoms with Crippen molar-refractivity contribution in [1.29, 1.82) is 0 Å². The minimum atomic E-state index is -1.15. The van der Waals surface area contributed by atoms with Crippen molar-refractivity contribution in [1.82, 2.24) is 20.4 Å². The topological polar surface area (TPSA) is 148 Å². The van der Waals surface area contributed by atoms with E-state index in [9.17, 15) is 19.5 Å². The molecule has 3 aliphatic rings. The van der Waals surface area contributed by atoms with E-state index in [-0.39, 0.29) is 35.9 Å². The van der Waals surface area contributed by atoms with E-state index in [1.807, 2.05) is 46.8 Å². The van der Waals surface area contributed by atoms with E-state index < -0.39 is 65.7 Å². The molecule has 0 aromatic heterocycles. The summed E-state index contributed by atoms with van der Waals surface area (Å²) in [5, 5.41) is 17.9. The number of rotatable bonds is 8. The summed E-state index contributed by atoms with van der Waals surface area (Å²) in [6.07, 6.45) is -3.07. The summed E-state index contributed by atoms with van der Waals surface area (Å²) < 4.78 is 31.2. The maximum Gasteiger partial charge on any atom is 0.408 e. The molecule has 278 valence electrons. The maximum absolute atomic E-state index is 14.2. The average molecular weight is 685 g/mol. The number of ether oxygens (including phenoxy) is 5. The first kappa shape index (κ1) is 40.6. The molecule has 3 aliphatic heterocycles. The Hall–Kier alpha value is -1.87. The molecule has 3 fully saturated rings. The first-order chi connectivity index (χ1) is 22.3. The number of carbonyl (C=O) groups is 3. The second-order valence-electron chi connectivity index (χ2n) is 15.5. The van der Waals surface area contributed by atoms with Gasteiger partial charge in [-0.15, -0.1) is 0 Å². The van der Waals surface area contributed by atoms with E-state index in [2.05, 4.69) is 36.3 Å². The van der Waals surface area contributed by atoms with Crippen molar-refractivity contribution in [2.75, 3.05) is 41.3 Å². The predicted octanol–water partition coefficient (Wildman–Crippen LogP) is 2.57. The Morgan fingerprint density at radius 1 is 1.15 bits per heavy atom. The van der Waals surface area contributed by atoms with Crippen LogP contribution in [0, 0.1) is 17.8 Å². The summed E-state index contributed by atoms with van der Waals surface area (Å²) >= 11 is 0. The molecule has 3 saturated heterocycles. The highest BCUT2D eigenvalue weighted by Crippen LogP contribution is 2.38. The number of alkyl carbamates (subject to hydrolysis) is 1. The summed E-state index contributed by atoms with van der Waals surface area (Å²) in [5.41, 5.74) is -2.18. The zero-order valence-electron chi connectivity index (χ0n) is 31.6. The van der Waals surface area contributed by atoms with Crippen molar-refractivity contribution < 1.29 is 43.2 Å². The Morgan fingerprint density at radius 2 is 1.79 bits per heavy atom. The van der Waals surface area contributed by atoms with Crippen LogP contribution in [0.3, 0.4) is 0 Å². The van der Waals surface area contributed by atoms with E-state index in [0.717, 1.165) is 0 Å². The fraction of sp³-hybridized carbons (Fsp3) is 0.914.